The number of hydrogen-bond acceptors (Lipinski definition) is 3. The van der Waals surface area contributed by atoms with Crippen molar-refractivity contribution >= 4 is 16.7 Å². The first-order chi connectivity index (χ1) is 7.38. The summed E-state index contributed by atoms with van der Waals surface area (Å²) in [6.07, 6.45) is 3.79. The number of nitrogens with zero attached hydrogens (tertiary/aromatic N) is 3. The van der Waals surface area contributed by atoms with E-state index in [0.29, 0.717) is 5.88 Å². The van der Waals surface area contributed by atoms with Crippen LogP contribution in [0.4, 0.5) is 0 Å². The lowest BCUT2D eigenvalue weighted by Gasteiger charge is -2.03. The highest BCUT2D eigenvalue weighted by molar-refractivity contribution is 5.74. The van der Waals surface area contributed by atoms with E-state index in [9.17, 15) is 0 Å². The van der Waals surface area contributed by atoms with Crippen molar-refractivity contribution in [3.63, 3.8) is 0 Å². The second-order valence-corrected chi connectivity index (χ2v) is 3.26. The van der Waals surface area contributed by atoms with Gasteiger partial charge < -0.3 is 4.74 Å². The first-order valence-electron chi connectivity index (χ1n) is 4.65. The van der Waals surface area contributed by atoms with E-state index in [1.165, 1.54) is 0 Å². The van der Waals surface area contributed by atoms with Gasteiger partial charge in [-0.3, -0.25) is 9.38 Å². The van der Waals surface area contributed by atoms with Gasteiger partial charge >= 0.3 is 0 Å². The molecule has 0 fully saturated rings. The first-order valence-corrected chi connectivity index (χ1v) is 4.65. The molecule has 3 heterocycles. The summed E-state index contributed by atoms with van der Waals surface area (Å²) in [6, 6.07) is 7.68. The van der Waals surface area contributed by atoms with Gasteiger partial charge in [0.05, 0.1) is 18.8 Å². The second-order valence-electron chi connectivity index (χ2n) is 3.26. The third kappa shape index (κ3) is 1.15. The van der Waals surface area contributed by atoms with Crippen LogP contribution in [0.2, 0.25) is 0 Å². The molecule has 4 heteroatoms. The Morgan fingerprint density at radius 2 is 2.20 bits per heavy atom. The first kappa shape index (κ1) is 8.23. The van der Waals surface area contributed by atoms with E-state index in [2.05, 4.69) is 9.97 Å². The van der Waals surface area contributed by atoms with Crippen LogP contribution in [0.15, 0.2) is 36.7 Å². The van der Waals surface area contributed by atoms with Crippen LogP contribution in [0.25, 0.3) is 16.7 Å². The largest absolute Gasteiger partial charge is 0.481 e. The summed E-state index contributed by atoms with van der Waals surface area (Å²) < 4.78 is 7.09. The lowest BCUT2D eigenvalue weighted by atomic mass is 10.4. The molecule has 0 N–H and O–H groups in total. The summed E-state index contributed by atoms with van der Waals surface area (Å²) in [5.41, 5.74) is 2.71. The molecule has 0 aliphatic heterocycles. The SMILES string of the molecule is COc1ccc2ncc3cccn3c2n1. The molecule has 0 unspecified atom stereocenters. The monoisotopic (exact) mass is 199 g/mol. The molecule has 0 radical (unpaired) electrons. The van der Waals surface area contributed by atoms with Gasteiger partial charge in [-0.15, -0.1) is 0 Å². The van der Waals surface area contributed by atoms with E-state index in [1.807, 2.05) is 41.1 Å². The number of aromatic nitrogens is 3. The molecule has 0 saturated heterocycles. The highest BCUT2D eigenvalue weighted by atomic mass is 16.5. The standard InChI is InChI=1S/C11H9N3O/c1-15-10-5-4-9-11(13-10)14-6-2-3-8(14)7-12-9/h2-7H,1H3. The zero-order chi connectivity index (χ0) is 10.3. The molecule has 0 aliphatic rings. The van der Waals surface area contributed by atoms with Gasteiger partial charge in [-0.2, -0.15) is 4.98 Å². The van der Waals surface area contributed by atoms with Gasteiger partial charge in [0.1, 0.15) is 5.52 Å². The van der Waals surface area contributed by atoms with Gasteiger partial charge in [-0.25, -0.2) is 0 Å². The van der Waals surface area contributed by atoms with Crippen LogP contribution in [0.5, 0.6) is 5.88 Å². The maximum Gasteiger partial charge on any atom is 0.215 e. The average molecular weight is 199 g/mol. The maximum atomic E-state index is 5.10. The molecule has 3 rings (SSSR count). The fourth-order valence-electron chi connectivity index (χ4n) is 1.64. The fourth-order valence-corrected chi connectivity index (χ4v) is 1.64. The Kier molecular flexibility index (Phi) is 1.62. The molecule has 0 aliphatic carbocycles. The Morgan fingerprint density at radius 3 is 3.07 bits per heavy atom. The fraction of sp³-hybridized carbons (Fsp3) is 0.0909. The molecule has 0 spiro atoms. The van der Waals surface area contributed by atoms with Crippen molar-refractivity contribution < 1.29 is 4.74 Å². The lowest BCUT2D eigenvalue weighted by Crippen LogP contribution is -1.94. The predicted molar refractivity (Wildman–Crippen MR) is 57.0 cm³/mol. The normalized spacial score (nSPS) is 11.0. The van der Waals surface area contributed by atoms with Gasteiger partial charge in [0.2, 0.25) is 5.88 Å². The molecule has 0 amide bonds. The number of methoxy groups -OCH3 is 1. The molecule has 4 nitrogen and oxygen atoms in total. The van der Waals surface area contributed by atoms with Crippen molar-refractivity contribution in [3.05, 3.63) is 36.7 Å². The summed E-state index contributed by atoms with van der Waals surface area (Å²) in [4.78, 5) is 8.69. The molecule has 0 saturated carbocycles. The lowest BCUT2D eigenvalue weighted by molar-refractivity contribution is 0.399. The van der Waals surface area contributed by atoms with Crippen molar-refractivity contribution in [3.8, 4) is 5.88 Å². The summed E-state index contributed by atoms with van der Waals surface area (Å²) in [5.74, 6) is 0.602. The molecule has 74 valence electrons. The molecule has 15 heavy (non-hydrogen) atoms. The Bertz CT molecular complexity index is 630. The van der Waals surface area contributed by atoms with Crippen LogP contribution in [-0.2, 0) is 0 Å². The zero-order valence-electron chi connectivity index (χ0n) is 8.21. The Morgan fingerprint density at radius 1 is 1.27 bits per heavy atom. The van der Waals surface area contributed by atoms with E-state index in [1.54, 1.807) is 7.11 Å². The predicted octanol–water partition coefficient (Wildman–Crippen LogP) is 1.89. The average Bonchev–Trinajstić information content (AvgIpc) is 2.76. The zero-order valence-corrected chi connectivity index (χ0v) is 8.21. The van der Waals surface area contributed by atoms with E-state index >= 15 is 0 Å². The number of pyridine rings is 1. The molecule has 3 aromatic rings. The summed E-state index contributed by atoms with van der Waals surface area (Å²) in [7, 11) is 1.61. The van der Waals surface area contributed by atoms with Crippen LogP contribution in [0.1, 0.15) is 0 Å². The minimum atomic E-state index is 0.602. The highest BCUT2D eigenvalue weighted by Gasteiger charge is 2.03. The van der Waals surface area contributed by atoms with Crippen molar-refractivity contribution in [1.82, 2.24) is 14.4 Å². The molecule has 0 aromatic carbocycles. The number of rotatable bonds is 1. The summed E-state index contributed by atoms with van der Waals surface area (Å²) in [5, 5.41) is 0. The van der Waals surface area contributed by atoms with Crippen LogP contribution < -0.4 is 4.74 Å². The van der Waals surface area contributed by atoms with E-state index < -0.39 is 0 Å². The van der Waals surface area contributed by atoms with E-state index in [-0.39, 0.29) is 0 Å². The van der Waals surface area contributed by atoms with Gasteiger partial charge in [0.25, 0.3) is 0 Å². The van der Waals surface area contributed by atoms with Crippen molar-refractivity contribution in [2.24, 2.45) is 0 Å². The van der Waals surface area contributed by atoms with E-state index in [0.717, 1.165) is 16.7 Å². The van der Waals surface area contributed by atoms with Crippen LogP contribution in [0.3, 0.4) is 0 Å². The summed E-state index contributed by atoms with van der Waals surface area (Å²) >= 11 is 0. The number of hydrogen-bond donors (Lipinski definition) is 0. The molecular formula is C11H9N3O. The molecule has 0 atom stereocenters. The van der Waals surface area contributed by atoms with E-state index in [4.69, 9.17) is 4.74 Å². The van der Waals surface area contributed by atoms with Crippen LogP contribution >= 0.6 is 0 Å². The Labute approximate surface area is 86.1 Å². The quantitative estimate of drug-likeness (QED) is 0.600. The minimum absolute atomic E-state index is 0.602. The Balaban J connectivity index is 2.48. The molecule has 0 bridgehead atoms. The maximum absolute atomic E-state index is 5.10. The van der Waals surface area contributed by atoms with Gasteiger partial charge in [0, 0.05) is 12.3 Å². The van der Waals surface area contributed by atoms with Gasteiger partial charge in [0.15, 0.2) is 5.65 Å². The third-order valence-electron chi connectivity index (χ3n) is 2.38. The second kappa shape index (κ2) is 2.95. The Hall–Kier alpha value is -2.10. The smallest absolute Gasteiger partial charge is 0.215 e. The number of ether oxygens (including phenoxy) is 1. The van der Waals surface area contributed by atoms with Gasteiger partial charge in [-0.05, 0) is 18.2 Å². The van der Waals surface area contributed by atoms with Gasteiger partial charge in [-0.1, -0.05) is 0 Å². The van der Waals surface area contributed by atoms with Crippen molar-refractivity contribution in [2.45, 2.75) is 0 Å². The number of fused-ring (bicyclic) bond motifs is 3. The molecular weight excluding hydrogens is 190 g/mol. The van der Waals surface area contributed by atoms with Crippen molar-refractivity contribution in [1.29, 1.82) is 0 Å². The van der Waals surface area contributed by atoms with Crippen LogP contribution in [0, 0.1) is 0 Å². The third-order valence-corrected chi connectivity index (χ3v) is 2.38. The van der Waals surface area contributed by atoms with Crippen molar-refractivity contribution in [2.75, 3.05) is 7.11 Å². The highest BCUT2D eigenvalue weighted by Crippen LogP contribution is 2.16. The summed E-state index contributed by atoms with van der Waals surface area (Å²) in [6.45, 7) is 0. The minimum Gasteiger partial charge on any atom is -0.481 e. The molecule has 3 aromatic heterocycles. The topological polar surface area (TPSA) is 39.4 Å². The van der Waals surface area contributed by atoms with Crippen LogP contribution in [-0.4, -0.2) is 21.5 Å².